The molecule has 2 aromatic rings. The van der Waals surface area contributed by atoms with Crippen molar-refractivity contribution in [3.05, 3.63) is 59.2 Å². The van der Waals surface area contributed by atoms with Gasteiger partial charge in [-0.25, -0.2) is 17.2 Å². The Morgan fingerprint density at radius 2 is 1.55 bits per heavy atom. The molecule has 0 aliphatic rings. The monoisotopic (exact) mass is 297 g/mol. The fourth-order valence-corrected chi connectivity index (χ4v) is 3.19. The van der Waals surface area contributed by atoms with Crippen LogP contribution in [0.15, 0.2) is 41.3 Å². The van der Waals surface area contributed by atoms with E-state index in [0.29, 0.717) is 11.6 Å². The van der Waals surface area contributed by atoms with Gasteiger partial charge in [0.15, 0.2) is 0 Å². The Bertz CT molecular complexity index is 738. The van der Waals surface area contributed by atoms with Crippen LogP contribution in [0.4, 0.5) is 14.5 Å². The van der Waals surface area contributed by atoms with Gasteiger partial charge in [0.1, 0.15) is 11.6 Å². The largest absolute Gasteiger partial charge is 0.279 e. The Morgan fingerprint density at radius 3 is 2.15 bits per heavy atom. The molecule has 106 valence electrons. The average molecular weight is 297 g/mol. The molecule has 0 amide bonds. The maximum atomic E-state index is 13.1. The van der Waals surface area contributed by atoms with Crippen LogP contribution in [0.1, 0.15) is 11.1 Å². The zero-order chi connectivity index (χ0) is 14.9. The fourth-order valence-electron chi connectivity index (χ4n) is 1.82. The topological polar surface area (TPSA) is 46.2 Å². The molecule has 0 aliphatic heterocycles. The lowest BCUT2D eigenvalue weighted by Gasteiger charge is -2.11. The third kappa shape index (κ3) is 3.14. The van der Waals surface area contributed by atoms with Crippen LogP contribution in [0.2, 0.25) is 0 Å². The van der Waals surface area contributed by atoms with Crippen molar-refractivity contribution in [2.45, 2.75) is 18.7 Å². The molecular formula is C14H13F2NO2S. The van der Waals surface area contributed by atoms with E-state index in [1.165, 1.54) is 6.07 Å². The summed E-state index contributed by atoms with van der Waals surface area (Å²) in [7, 11) is -3.88. The predicted molar refractivity (Wildman–Crippen MR) is 73.1 cm³/mol. The van der Waals surface area contributed by atoms with E-state index in [1.807, 2.05) is 0 Å². The third-order valence-electron chi connectivity index (χ3n) is 2.75. The SMILES string of the molecule is Cc1ccc(C)c(S(=O)(=O)Nc2cc(F)cc(F)c2)c1. The molecule has 2 rings (SSSR count). The highest BCUT2D eigenvalue weighted by Crippen LogP contribution is 2.21. The van der Waals surface area contributed by atoms with Crippen LogP contribution in [0, 0.1) is 25.5 Å². The van der Waals surface area contributed by atoms with Gasteiger partial charge in [0.05, 0.1) is 10.6 Å². The normalized spacial score (nSPS) is 11.4. The Hall–Kier alpha value is -1.95. The number of nitrogens with one attached hydrogen (secondary N) is 1. The highest BCUT2D eigenvalue weighted by molar-refractivity contribution is 7.92. The quantitative estimate of drug-likeness (QED) is 0.944. The molecule has 0 radical (unpaired) electrons. The van der Waals surface area contributed by atoms with Gasteiger partial charge in [-0.05, 0) is 43.2 Å². The van der Waals surface area contributed by atoms with Crippen LogP contribution in [-0.4, -0.2) is 8.42 Å². The van der Waals surface area contributed by atoms with Gasteiger partial charge < -0.3 is 0 Å². The summed E-state index contributed by atoms with van der Waals surface area (Å²) in [5.74, 6) is -1.69. The minimum Gasteiger partial charge on any atom is -0.279 e. The van der Waals surface area contributed by atoms with E-state index >= 15 is 0 Å². The van der Waals surface area contributed by atoms with E-state index in [1.54, 1.807) is 26.0 Å². The maximum absolute atomic E-state index is 13.1. The van der Waals surface area contributed by atoms with Crippen LogP contribution < -0.4 is 4.72 Å². The van der Waals surface area contributed by atoms with Crippen molar-refractivity contribution in [1.29, 1.82) is 0 Å². The van der Waals surface area contributed by atoms with Crippen LogP contribution in [-0.2, 0) is 10.0 Å². The van der Waals surface area contributed by atoms with Gasteiger partial charge in [-0.1, -0.05) is 12.1 Å². The van der Waals surface area contributed by atoms with E-state index in [-0.39, 0.29) is 10.6 Å². The fraction of sp³-hybridized carbons (Fsp3) is 0.143. The van der Waals surface area contributed by atoms with Crippen molar-refractivity contribution in [2.24, 2.45) is 0 Å². The Kier molecular flexibility index (Phi) is 3.76. The molecule has 0 spiro atoms. The van der Waals surface area contributed by atoms with Gasteiger partial charge in [0.25, 0.3) is 10.0 Å². The lowest BCUT2D eigenvalue weighted by Crippen LogP contribution is -2.14. The van der Waals surface area contributed by atoms with Gasteiger partial charge in [0, 0.05) is 6.07 Å². The van der Waals surface area contributed by atoms with E-state index in [9.17, 15) is 17.2 Å². The maximum Gasteiger partial charge on any atom is 0.262 e. The van der Waals surface area contributed by atoms with Crippen LogP contribution in [0.25, 0.3) is 0 Å². The van der Waals surface area contributed by atoms with Crippen molar-refractivity contribution in [3.63, 3.8) is 0 Å². The van der Waals surface area contributed by atoms with Crippen molar-refractivity contribution in [1.82, 2.24) is 0 Å². The zero-order valence-electron chi connectivity index (χ0n) is 10.9. The summed E-state index contributed by atoms with van der Waals surface area (Å²) in [6, 6.07) is 7.49. The zero-order valence-corrected chi connectivity index (χ0v) is 11.8. The second-order valence-corrected chi connectivity index (χ2v) is 6.18. The average Bonchev–Trinajstić information content (AvgIpc) is 2.30. The molecule has 20 heavy (non-hydrogen) atoms. The van der Waals surface area contributed by atoms with Gasteiger partial charge in [-0.15, -0.1) is 0 Å². The van der Waals surface area contributed by atoms with Crippen molar-refractivity contribution < 1.29 is 17.2 Å². The summed E-state index contributed by atoms with van der Waals surface area (Å²) in [4.78, 5) is 0.0853. The lowest BCUT2D eigenvalue weighted by molar-refractivity contribution is 0.584. The number of aryl methyl sites for hydroxylation is 2. The first-order valence-electron chi connectivity index (χ1n) is 5.84. The smallest absolute Gasteiger partial charge is 0.262 e. The molecule has 0 saturated heterocycles. The number of hydrogen-bond donors (Lipinski definition) is 1. The molecule has 0 aromatic heterocycles. The molecule has 0 unspecified atom stereocenters. The first-order chi connectivity index (χ1) is 9.28. The molecule has 2 aromatic carbocycles. The summed E-state index contributed by atoms with van der Waals surface area (Å²) < 4.78 is 52.8. The summed E-state index contributed by atoms with van der Waals surface area (Å²) in [6.07, 6.45) is 0. The van der Waals surface area contributed by atoms with Crippen molar-refractivity contribution >= 4 is 15.7 Å². The summed E-state index contributed by atoms with van der Waals surface area (Å²) in [6.45, 7) is 3.42. The van der Waals surface area contributed by atoms with Gasteiger partial charge in [-0.3, -0.25) is 4.72 Å². The molecule has 0 bridgehead atoms. The molecule has 3 nitrogen and oxygen atoms in total. The number of sulfonamides is 1. The molecule has 0 atom stereocenters. The standard InChI is InChI=1S/C14H13F2NO2S/c1-9-3-4-10(2)14(5-9)20(18,19)17-13-7-11(15)6-12(16)8-13/h3-8,17H,1-2H3. The number of anilines is 1. The number of rotatable bonds is 3. The lowest BCUT2D eigenvalue weighted by atomic mass is 10.2. The van der Waals surface area contributed by atoms with E-state index in [4.69, 9.17) is 0 Å². The Labute approximate surface area is 116 Å². The number of benzene rings is 2. The summed E-state index contributed by atoms with van der Waals surface area (Å²) >= 11 is 0. The van der Waals surface area contributed by atoms with E-state index in [2.05, 4.69) is 4.72 Å². The number of halogens is 2. The van der Waals surface area contributed by atoms with Gasteiger partial charge in [0.2, 0.25) is 0 Å². The summed E-state index contributed by atoms with van der Waals surface area (Å²) in [5.41, 5.74) is 1.18. The summed E-state index contributed by atoms with van der Waals surface area (Å²) in [5, 5.41) is 0. The van der Waals surface area contributed by atoms with Gasteiger partial charge in [-0.2, -0.15) is 0 Å². The van der Waals surface area contributed by atoms with Crippen LogP contribution in [0.5, 0.6) is 0 Å². The highest BCUT2D eigenvalue weighted by atomic mass is 32.2. The molecule has 6 heteroatoms. The molecular weight excluding hydrogens is 284 g/mol. The molecule has 0 fully saturated rings. The second kappa shape index (κ2) is 5.20. The number of hydrogen-bond acceptors (Lipinski definition) is 2. The third-order valence-corrected chi connectivity index (χ3v) is 4.27. The van der Waals surface area contributed by atoms with E-state index < -0.39 is 21.7 Å². The minimum atomic E-state index is -3.88. The van der Waals surface area contributed by atoms with E-state index in [0.717, 1.165) is 17.7 Å². The highest BCUT2D eigenvalue weighted by Gasteiger charge is 2.17. The minimum absolute atomic E-state index is 0.0853. The van der Waals surface area contributed by atoms with Gasteiger partial charge >= 0.3 is 0 Å². The van der Waals surface area contributed by atoms with Crippen LogP contribution in [0.3, 0.4) is 0 Å². The first kappa shape index (κ1) is 14.5. The molecule has 0 saturated carbocycles. The molecule has 0 heterocycles. The predicted octanol–water partition coefficient (Wildman–Crippen LogP) is 3.38. The molecule has 0 aliphatic carbocycles. The first-order valence-corrected chi connectivity index (χ1v) is 7.32. The van der Waals surface area contributed by atoms with Crippen LogP contribution >= 0.6 is 0 Å². The van der Waals surface area contributed by atoms with Crippen molar-refractivity contribution in [2.75, 3.05) is 4.72 Å². The van der Waals surface area contributed by atoms with Crippen molar-refractivity contribution in [3.8, 4) is 0 Å². The Balaban J connectivity index is 2.43. The second-order valence-electron chi connectivity index (χ2n) is 4.53. The Morgan fingerprint density at radius 1 is 0.950 bits per heavy atom. The molecule has 1 N–H and O–H groups in total.